The van der Waals surface area contributed by atoms with Crippen LogP contribution in [-0.4, -0.2) is 57.6 Å². The molecule has 1 unspecified atom stereocenters. The average Bonchev–Trinajstić information content (AvgIpc) is 2.85. The second-order valence-electron chi connectivity index (χ2n) is 8.38. The molecule has 8 nitrogen and oxygen atoms in total. The van der Waals surface area contributed by atoms with Gasteiger partial charge in [0.05, 0.1) is 19.1 Å². The fraction of sp³-hybridized carbons (Fsp3) is 0.462. The highest BCUT2D eigenvalue weighted by molar-refractivity contribution is 7.92. The van der Waals surface area contributed by atoms with E-state index in [0.717, 1.165) is 34.5 Å². The largest absolute Gasteiger partial charge is 0.497 e. The number of nitrogens with zero attached hydrogens (tertiary/aromatic N) is 2. The minimum absolute atomic E-state index is 0.139. The van der Waals surface area contributed by atoms with E-state index in [1.54, 1.807) is 31.4 Å². The molecule has 0 aliphatic heterocycles. The molecule has 2 amide bonds. The molecule has 0 radical (unpaired) electrons. The number of aryl methyl sites for hydroxylation is 1. The van der Waals surface area contributed by atoms with Crippen LogP contribution in [0.2, 0.25) is 0 Å². The summed E-state index contributed by atoms with van der Waals surface area (Å²) in [6.07, 6.45) is 3.04. The first-order valence-corrected chi connectivity index (χ1v) is 13.8. The van der Waals surface area contributed by atoms with Gasteiger partial charge in [0.1, 0.15) is 18.3 Å². The second kappa shape index (κ2) is 13.1. The summed E-state index contributed by atoms with van der Waals surface area (Å²) in [5.41, 5.74) is 2.24. The van der Waals surface area contributed by atoms with Gasteiger partial charge in [-0.1, -0.05) is 45.0 Å². The molecule has 2 aromatic rings. The average molecular weight is 504 g/mol. The summed E-state index contributed by atoms with van der Waals surface area (Å²) in [6.45, 7) is 6.02. The molecule has 35 heavy (non-hydrogen) atoms. The normalized spacial score (nSPS) is 12.0. The van der Waals surface area contributed by atoms with Crippen molar-refractivity contribution in [1.29, 1.82) is 0 Å². The molecular weight excluding hydrogens is 466 g/mol. The van der Waals surface area contributed by atoms with Crippen LogP contribution in [0.3, 0.4) is 0 Å². The van der Waals surface area contributed by atoms with Crippen LogP contribution in [0.5, 0.6) is 5.75 Å². The van der Waals surface area contributed by atoms with E-state index in [9.17, 15) is 18.0 Å². The maximum Gasteiger partial charge on any atom is 0.244 e. The van der Waals surface area contributed by atoms with Crippen molar-refractivity contribution in [3.63, 3.8) is 0 Å². The van der Waals surface area contributed by atoms with Crippen LogP contribution < -0.4 is 14.4 Å². The molecule has 2 aromatic carbocycles. The van der Waals surface area contributed by atoms with E-state index < -0.39 is 28.5 Å². The van der Waals surface area contributed by atoms with Crippen LogP contribution in [0.4, 0.5) is 5.69 Å². The number of ether oxygens (including phenoxy) is 1. The number of carbonyl (C=O) groups is 2. The standard InChI is InChI=1S/C26H37N3O5S/c1-6-16-27-26(31)24(8-3)28(18-21-10-9-11-23(17-21)34-4)25(30)19-29(35(5,32)33)22-14-12-20(7-2)13-15-22/h9-15,17,24H,6-8,16,18-19H2,1-5H3,(H,27,31). The first-order valence-electron chi connectivity index (χ1n) is 11.9. The summed E-state index contributed by atoms with van der Waals surface area (Å²) < 4.78 is 31.7. The van der Waals surface area contributed by atoms with Crippen molar-refractivity contribution in [3.05, 3.63) is 59.7 Å². The van der Waals surface area contributed by atoms with Gasteiger partial charge in [0, 0.05) is 13.1 Å². The van der Waals surface area contributed by atoms with Gasteiger partial charge in [0.15, 0.2) is 0 Å². The first-order chi connectivity index (χ1) is 16.6. The van der Waals surface area contributed by atoms with Crippen molar-refractivity contribution in [2.24, 2.45) is 0 Å². The first kappa shape index (κ1) is 28.2. The summed E-state index contributed by atoms with van der Waals surface area (Å²) >= 11 is 0. The molecule has 1 atom stereocenters. The number of hydrogen-bond acceptors (Lipinski definition) is 5. The molecule has 192 valence electrons. The van der Waals surface area contributed by atoms with Crippen molar-refractivity contribution in [3.8, 4) is 5.75 Å². The number of methoxy groups -OCH3 is 1. The van der Waals surface area contributed by atoms with Gasteiger partial charge < -0.3 is 15.0 Å². The van der Waals surface area contributed by atoms with Gasteiger partial charge in [-0.15, -0.1) is 0 Å². The molecule has 1 N–H and O–H groups in total. The molecule has 0 bridgehead atoms. The van der Waals surface area contributed by atoms with Gasteiger partial charge in [-0.05, 0) is 54.7 Å². The number of sulfonamides is 1. The number of benzene rings is 2. The monoisotopic (exact) mass is 503 g/mol. The molecule has 0 heterocycles. The van der Waals surface area contributed by atoms with E-state index in [-0.39, 0.29) is 12.5 Å². The van der Waals surface area contributed by atoms with E-state index >= 15 is 0 Å². The van der Waals surface area contributed by atoms with E-state index in [0.29, 0.717) is 24.4 Å². The second-order valence-corrected chi connectivity index (χ2v) is 10.3. The Morgan fingerprint density at radius 1 is 1.03 bits per heavy atom. The Labute approximate surface area is 209 Å². The number of hydrogen-bond donors (Lipinski definition) is 1. The van der Waals surface area contributed by atoms with Crippen LogP contribution in [0.1, 0.15) is 44.7 Å². The Morgan fingerprint density at radius 3 is 2.26 bits per heavy atom. The predicted molar refractivity (Wildman–Crippen MR) is 139 cm³/mol. The lowest BCUT2D eigenvalue weighted by atomic mass is 10.1. The van der Waals surface area contributed by atoms with Crippen LogP contribution in [0.25, 0.3) is 0 Å². The van der Waals surface area contributed by atoms with E-state index in [1.807, 2.05) is 45.0 Å². The minimum Gasteiger partial charge on any atom is -0.497 e. The smallest absolute Gasteiger partial charge is 0.244 e. The zero-order valence-electron chi connectivity index (χ0n) is 21.3. The minimum atomic E-state index is -3.75. The number of anilines is 1. The zero-order chi connectivity index (χ0) is 26.0. The molecule has 2 rings (SSSR count). The molecule has 9 heteroatoms. The molecule has 0 saturated carbocycles. The van der Waals surface area contributed by atoms with Crippen LogP contribution in [-0.2, 0) is 32.6 Å². The quantitative estimate of drug-likeness (QED) is 0.452. The van der Waals surface area contributed by atoms with E-state index in [4.69, 9.17) is 4.74 Å². The lowest BCUT2D eigenvalue weighted by Crippen LogP contribution is -2.52. The molecule has 0 spiro atoms. The molecule has 0 fully saturated rings. The van der Waals surface area contributed by atoms with Crippen molar-refractivity contribution < 1.29 is 22.7 Å². The number of nitrogens with one attached hydrogen (secondary N) is 1. The fourth-order valence-electron chi connectivity index (χ4n) is 3.76. The Hall–Kier alpha value is -3.07. The molecular formula is C26H37N3O5S. The lowest BCUT2D eigenvalue weighted by Gasteiger charge is -2.33. The highest BCUT2D eigenvalue weighted by Crippen LogP contribution is 2.21. The maximum absolute atomic E-state index is 13.6. The van der Waals surface area contributed by atoms with Crippen LogP contribution in [0.15, 0.2) is 48.5 Å². The summed E-state index contributed by atoms with van der Waals surface area (Å²) in [6, 6.07) is 13.6. The Bertz CT molecular complexity index is 1090. The highest BCUT2D eigenvalue weighted by Gasteiger charge is 2.31. The summed E-state index contributed by atoms with van der Waals surface area (Å²) in [5.74, 6) is -0.0905. The number of carbonyl (C=O) groups excluding carboxylic acids is 2. The van der Waals surface area contributed by atoms with Gasteiger partial charge >= 0.3 is 0 Å². The molecule has 0 aliphatic rings. The van der Waals surface area contributed by atoms with Crippen molar-refractivity contribution in [1.82, 2.24) is 10.2 Å². The third-order valence-corrected chi connectivity index (χ3v) is 6.87. The lowest BCUT2D eigenvalue weighted by molar-refractivity contribution is -0.140. The topological polar surface area (TPSA) is 96.0 Å². The molecule has 0 aliphatic carbocycles. The van der Waals surface area contributed by atoms with Crippen molar-refractivity contribution in [2.45, 2.75) is 52.6 Å². The third kappa shape index (κ3) is 7.99. The third-order valence-electron chi connectivity index (χ3n) is 5.73. The Kier molecular flexibility index (Phi) is 10.6. The van der Waals surface area contributed by atoms with Crippen molar-refractivity contribution in [2.75, 3.05) is 30.8 Å². The zero-order valence-corrected chi connectivity index (χ0v) is 22.1. The van der Waals surface area contributed by atoms with Gasteiger partial charge in [-0.2, -0.15) is 0 Å². The van der Waals surface area contributed by atoms with Crippen molar-refractivity contribution >= 4 is 27.5 Å². The van der Waals surface area contributed by atoms with Gasteiger partial charge in [0.25, 0.3) is 0 Å². The van der Waals surface area contributed by atoms with Gasteiger partial charge in [0.2, 0.25) is 21.8 Å². The maximum atomic E-state index is 13.6. The summed E-state index contributed by atoms with van der Waals surface area (Å²) in [4.78, 5) is 28.1. The highest BCUT2D eigenvalue weighted by atomic mass is 32.2. The van der Waals surface area contributed by atoms with Gasteiger partial charge in [-0.3, -0.25) is 13.9 Å². The van der Waals surface area contributed by atoms with Crippen LogP contribution >= 0.6 is 0 Å². The SMILES string of the molecule is CCCNC(=O)C(CC)N(Cc1cccc(OC)c1)C(=O)CN(c1ccc(CC)cc1)S(C)(=O)=O. The van der Waals surface area contributed by atoms with Crippen LogP contribution in [0, 0.1) is 0 Å². The van der Waals surface area contributed by atoms with E-state index in [1.165, 1.54) is 4.90 Å². The molecule has 0 aromatic heterocycles. The van der Waals surface area contributed by atoms with Gasteiger partial charge in [-0.25, -0.2) is 8.42 Å². The fourth-order valence-corrected chi connectivity index (χ4v) is 4.61. The Morgan fingerprint density at radius 2 is 1.71 bits per heavy atom. The molecule has 0 saturated heterocycles. The summed E-state index contributed by atoms with van der Waals surface area (Å²) in [7, 11) is -2.19. The summed E-state index contributed by atoms with van der Waals surface area (Å²) in [5, 5.41) is 2.87. The predicted octanol–water partition coefficient (Wildman–Crippen LogP) is 3.36. The van der Waals surface area contributed by atoms with E-state index in [2.05, 4.69) is 5.32 Å². The number of rotatable bonds is 13. The number of amides is 2. The Balaban J connectivity index is 2.42.